The number of rotatable bonds is 6. The lowest BCUT2D eigenvalue weighted by molar-refractivity contribution is -0.142. The largest absolute Gasteiger partial charge is 0.480 e. The molecule has 2 rings (SSSR count). The maximum atomic E-state index is 11.0. The average molecular weight is 300 g/mol. The molecule has 3 nitrogen and oxygen atoms in total. The molecule has 1 aliphatic rings. The van der Waals surface area contributed by atoms with Crippen LogP contribution in [0.4, 0.5) is 0 Å². The van der Waals surface area contributed by atoms with Crippen LogP contribution in [0.5, 0.6) is 0 Å². The number of thioether (sulfide) groups is 1. The standard InChI is InChI=1S/C14H18ClNO2S/c15-11-5-1-2-7-13(11)19-10-4-9-16-8-3-6-12(16)14(17)18/h1-2,5,7,12H,3-4,6,8-10H2,(H,17,18)/t12-/m0/s1. The molecular weight excluding hydrogens is 282 g/mol. The summed E-state index contributed by atoms with van der Waals surface area (Å²) in [4.78, 5) is 14.2. The molecule has 1 N–H and O–H groups in total. The second-order valence-corrected chi connectivity index (χ2v) is 6.21. The van der Waals surface area contributed by atoms with Crippen LogP contribution >= 0.6 is 23.4 Å². The van der Waals surface area contributed by atoms with E-state index >= 15 is 0 Å². The molecule has 1 aromatic rings. The van der Waals surface area contributed by atoms with Gasteiger partial charge in [-0.1, -0.05) is 23.7 Å². The van der Waals surface area contributed by atoms with Gasteiger partial charge >= 0.3 is 5.97 Å². The summed E-state index contributed by atoms with van der Waals surface area (Å²) in [5, 5.41) is 9.88. The van der Waals surface area contributed by atoms with E-state index in [2.05, 4.69) is 4.90 Å². The Kier molecular flexibility index (Phi) is 5.55. The van der Waals surface area contributed by atoms with Gasteiger partial charge in [-0.3, -0.25) is 9.69 Å². The van der Waals surface area contributed by atoms with Crippen molar-refractivity contribution in [2.24, 2.45) is 0 Å². The van der Waals surface area contributed by atoms with Gasteiger partial charge < -0.3 is 5.11 Å². The minimum atomic E-state index is -0.684. The average Bonchev–Trinajstić information content (AvgIpc) is 2.85. The van der Waals surface area contributed by atoms with Crippen LogP contribution in [0.3, 0.4) is 0 Å². The molecule has 0 spiro atoms. The second kappa shape index (κ2) is 7.17. The van der Waals surface area contributed by atoms with Crippen LogP contribution in [0.25, 0.3) is 0 Å². The Labute approximate surface area is 122 Å². The smallest absolute Gasteiger partial charge is 0.320 e. The van der Waals surface area contributed by atoms with Gasteiger partial charge in [0.05, 0.1) is 5.02 Å². The summed E-state index contributed by atoms with van der Waals surface area (Å²) in [5.41, 5.74) is 0. The van der Waals surface area contributed by atoms with Crippen molar-refractivity contribution in [2.75, 3.05) is 18.8 Å². The zero-order chi connectivity index (χ0) is 13.7. The Bertz CT molecular complexity index is 441. The Balaban J connectivity index is 1.72. The van der Waals surface area contributed by atoms with Crippen molar-refractivity contribution in [3.8, 4) is 0 Å². The summed E-state index contributed by atoms with van der Waals surface area (Å²) in [6.07, 6.45) is 2.77. The monoisotopic (exact) mass is 299 g/mol. The number of nitrogens with zero attached hydrogens (tertiary/aromatic N) is 1. The molecule has 0 bridgehead atoms. The number of likely N-dealkylation sites (tertiary alicyclic amines) is 1. The third-order valence-electron chi connectivity index (χ3n) is 3.33. The lowest BCUT2D eigenvalue weighted by Gasteiger charge is -2.20. The molecule has 19 heavy (non-hydrogen) atoms. The fraction of sp³-hybridized carbons (Fsp3) is 0.500. The molecule has 0 aromatic heterocycles. The number of halogens is 1. The fourth-order valence-electron chi connectivity index (χ4n) is 2.38. The van der Waals surface area contributed by atoms with Gasteiger partial charge in [-0.2, -0.15) is 0 Å². The van der Waals surface area contributed by atoms with Crippen molar-refractivity contribution in [1.29, 1.82) is 0 Å². The number of carboxylic acid groups (broad SMARTS) is 1. The van der Waals surface area contributed by atoms with Gasteiger partial charge in [-0.05, 0) is 50.2 Å². The highest BCUT2D eigenvalue weighted by Crippen LogP contribution is 2.27. The summed E-state index contributed by atoms with van der Waals surface area (Å²) in [6.45, 7) is 1.77. The minimum absolute atomic E-state index is 0.273. The molecule has 1 aromatic carbocycles. The van der Waals surface area contributed by atoms with E-state index in [-0.39, 0.29) is 6.04 Å². The number of carbonyl (C=O) groups is 1. The highest BCUT2D eigenvalue weighted by molar-refractivity contribution is 7.99. The first-order valence-electron chi connectivity index (χ1n) is 6.52. The van der Waals surface area contributed by atoms with E-state index in [1.165, 1.54) is 0 Å². The fourth-order valence-corrected chi connectivity index (χ4v) is 3.56. The molecule has 0 amide bonds. The maximum absolute atomic E-state index is 11.0. The Hall–Kier alpha value is -0.710. The summed E-state index contributed by atoms with van der Waals surface area (Å²) < 4.78 is 0. The van der Waals surface area contributed by atoms with E-state index in [1.54, 1.807) is 11.8 Å². The molecule has 1 fully saturated rings. The zero-order valence-corrected chi connectivity index (χ0v) is 12.3. The number of benzene rings is 1. The van der Waals surface area contributed by atoms with Crippen LogP contribution in [0.15, 0.2) is 29.2 Å². The molecule has 0 saturated carbocycles. The summed E-state index contributed by atoms with van der Waals surface area (Å²) in [6, 6.07) is 7.54. The molecule has 104 valence electrons. The third-order valence-corrected chi connectivity index (χ3v) is 4.93. The Morgan fingerprint density at radius 3 is 3.00 bits per heavy atom. The van der Waals surface area contributed by atoms with E-state index in [1.807, 2.05) is 24.3 Å². The Morgan fingerprint density at radius 2 is 2.26 bits per heavy atom. The molecule has 1 saturated heterocycles. The first kappa shape index (κ1) is 14.7. The third kappa shape index (κ3) is 4.13. The molecule has 1 heterocycles. The highest BCUT2D eigenvalue weighted by Gasteiger charge is 2.29. The van der Waals surface area contributed by atoms with Gasteiger partial charge in [0, 0.05) is 4.90 Å². The zero-order valence-electron chi connectivity index (χ0n) is 10.7. The lowest BCUT2D eigenvalue weighted by atomic mass is 10.2. The topological polar surface area (TPSA) is 40.5 Å². The first-order chi connectivity index (χ1) is 9.18. The van der Waals surface area contributed by atoms with Crippen molar-refractivity contribution in [3.05, 3.63) is 29.3 Å². The van der Waals surface area contributed by atoms with E-state index in [4.69, 9.17) is 16.7 Å². The van der Waals surface area contributed by atoms with Gasteiger partial charge in [-0.25, -0.2) is 0 Å². The number of hydrogen-bond donors (Lipinski definition) is 1. The van der Waals surface area contributed by atoms with E-state index in [9.17, 15) is 4.79 Å². The van der Waals surface area contributed by atoms with Crippen LogP contribution in [-0.4, -0.2) is 40.9 Å². The normalized spacial score (nSPS) is 19.7. The summed E-state index contributed by atoms with van der Waals surface area (Å²) in [5.74, 6) is 0.281. The van der Waals surface area contributed by atoms with Crippen molar-refractivity contribution in [2.45, 2.75) is 30.2 Å². The second-order valence-electron chi connectivity index (χ2n) is 4.66. The van der Waals surface area contributed by atoms with E-state index < -0.39 is 5.97 Å². The van der Waals surface area contributed by atoms with Gasteiger partial charge in [0.25, 0.3) is 0 Å². The van der Waals surface area contributed by atoms with Gasteiger partial charge in [0.15, 0.2) is 0 Å². The highest BCUT2D eigenvalue weighted by atomic mass is 35.5. The first-order valence-corrected chi connectivity index (χ1v) is 7.89. The Morgan fingerprint density at radius 1 is 1.47 bits per heavy atom. The maximum Gasteiger partial charge on any atom is 0.320 e. The molecule has 0 unspecified atom stereocenters. The number of carboxylic acids is 1. The molecular formula is C14H18ClNO2S. The van der Waals surface area contributed by atoms with Crippen LogP contribution in [0, 0.1) is 0 Å². The number of aliphatic carboxylic acids is 1. The molecule has 1 aliphatic heterocycles. The summed E-state index contributed by atoms with van der Waals surface area (Å²) in [7, 11) is 0. The van der Waals surface area contributed by atoms with Crippen LogP contribution < -0.4 is 0 Å². The van der Waals surface area contributed by atoms with Gasteiger partial charge in [0.2, 0.25) is 0 Å². The van der Waals surface area contributed by atoms with Crippen molar-refractivity contribution in [3.63, 3.8) is 0 Å². The molecule has 0 aliphatic carbocycles. The van der Waals surface area contributed by atoms with E-state index in [0.29, 0.717) is 0 Å². The quantitative estimate of drug-likeness (QED) is 0.646. The van der Waals surface area contributed by atoms with Crippen LogP contribution in [0.2, 0.25) is 5.02 Å². The summed E-state index contributed by atoms with van der Waals surface area (Å²) >= 11 is 7.82. The molecule has 0 radical (unpaired) electrons. The minimum Gasteiger partial charge on any atom is -0.480 e. The molecule has 5 heteroatoms. The predicted molar refractivity (Wildman–Crippen MR) is 79.0 cm³/mol. The predicted octanol–water partition coefficient (Wildman–Crippen LogP) is 3.37. The van der Waals surface area contributed by atoms with Crippen LogP contribution in [0.1, 0.15) is 19.3 Å². The van der Waals surface area contributed by atoms with E-state index in [0.717, 1.165) is 48.0 Å². The molecule has 1 atom stereocenters. The van der Waals surface area contributed by atoms with Crippen molar-refractivity contribution < 1.29 is 9.90 Å². The SMILES string of the molecule is O=C(O)[C@@H]1CCCN1CCCSc1ccccc1Cl. The number of hydrogen-bond acceptors (Lipinski definition) is 3. The van der Waals surface area contributed by atoms with Gasteiger partial charge in [0.1, 0.15) is 6.04 Å². The lowest BCUT2D eigenvalue weighted by Crippen LogP contribution is -2.36. The van der Waals surface area contributed by atoms with Crippen molar-refractivity contribution in [1.82, 2.24) is 4.90 Å². The van der Waals surface area contributed by atoms with Crippen LogP contribution in [-0.2, 0) is 4.79 Å². The van der Waals surface area contributed by atoms with Crippen molar-refractivity contribution >= 4 is 29.3 Å². The van der Waals surface area contributed by atoms with Gasteiger partial charge in [-0.15, -0.1) is 11.8 Å².